The Labute approximate surface area is 89.6 Å². The van der Waals surface area contributed by atoms with Crippen molar-refractivity contribution in [2.45, 2.75) is 0 Å². The molecular formula is C10H2NPd-3. The molecule has 0 spiro atoms. The summed E-state index contributed by atoms with van der Waals surface area (Å²) in [7, 11) is 0. The third-order valence-corrected chi connectivity index (χ3v) is 0.312. The predicted molar refractivity (Wildman–Crippen MR) is 40.8 cm³/mol. The monoisotopic (exact) mass is 244 g/mol. The summed E-state index contributed by atoms with van der Waals surface area (Å²) in [6.07, 6.45) is 8.15. The standard InChI is InChI=1S/C8H.CN.CH.Pd/c1-3-5-7-8-6-4-2;1-2;;/h1H;;1H;/q3*-1;/i1T;;;. The van der Waals surface area contributed by atoms with E-state index in [9.17, 15) is 0 Å². The van der Waals surface area contributed by atoms with Gasteiger partial charge in [-0.2, -0.15) is 0 Å². The zero-order chi connectivity index (χ0) is 8.95. The summed E-state index contributed by atoms with van der Waals surface area (Å²) in [4.78, 5) is 0. The van der Waals surface area contributed by atoms with Gasteiger partial charge in [0.25, 0.3) is 0 Å². The van der Waals surface area contributed by atoms with E-state index in [1.54, 1.807) is 0 Å². The molecule has 0 bridgehead atoms. The molecule has 0 heterocycles. The Kier molecular flexibility index (Phi) is 47.9. The van der Waals surface area contributed by atoms with Crippen LogP contribution < -0.4 is 0 Å². The van der Waals surface area contributed by atoms with Crippen molar-refractivity contribution >= 4 is 0 Å². The van der Waals surface area contributed by atoms with E-state index in [1.807, 2.05) is 12.3 Å². The van der Waals surface area contributed by atoms with Gasteiger partial charge in [0.05, 0.1) is 0 Å². The van der Waals surface area contributed by atoms with E-state index in [2.05, 4.69) is 29.6 Å². The van der Waals surface area contributed by atoms with E-state index in [1.165, 1.54) is 0 Å². The largest absolute Gasteiger partial charge is 0.726 e. The molecule has 0 aromatic carbocycles. The van der Waals surface area contributed by atoms with Crippen LogP contribution in [-0.2, 0) is 20.4 Å². The summed E-state index contributed by atoms with van der Waals surface area (Å²) in [5.74, 6) is 13.0. The summed E-state index contributed by atoms with van der Waals surface area (Å²) in [6, 6.07) is 0. The maximum Gasteiger partial charge on any atom is 0.125 e. The molecule has 0 atom stereocenters. The van der Waals surface area contributed by atoms with Crippen molar-refractivity contribution in [3.05, 3.63) is 20.4 Å². The van der Waals surface area contributed by atoms with Crippen molar-refractivity contribution in [2.24, 2.45) is 0 Å². The van der Waals surface area contributed by atoms with Crippen LogP contribution >= 0.6 is 0 Å². The summed E-state index contributed by atoms with van der Waals surface area (Å²) in [5, 5.41) is 6.25. The fourth-order valence-corrected chi connectivity index (χ4v) is 0.125. The van der Waals surface area contributed by atoms with Gasteiger partial charge in [0.2, 0.25) is 0 Å². The van der Waals surface area contributed by atoms with E-state index in [0.717, 1.165) is 0 Å². The van der Waals surface area contributed by atoms with E-state index in [0.29, 0.717) is 0 Å². The molecule has 0 aromatic heterocycles. The normalized spacial score (nSPS) is 2.92. The summed E-state index contributed by atoms with van der Waals surface area (Å²) < 4.78 is 6.32. The van der Waals surface area contributed by atoms with Gasteiger partial charge in [-0.1, -0.05) is 0 Å². The van der Waals surface area contributed by atoms with E-state index >= 15 is 0 Å². The molecule has 0 fully saturated rings. The van der Waals surface area contributed by atoms with Crippen molar-refractivity contribution < 1.29 is 21.8 Å². The Morgan fingerprint density at radius 2 is 1.67 bits per heavy atom. The zero-order valence-corrected chi connectivity index (χ0v) is 7.40. The van der Waals surface area contributed by atoms with Crippen LogP contribution in [0.4, 0.5) is 0 Å². The Morgan fingerprint density at radius 3 is 2.08 bits per heavy atom. The van der Waals surface area contributed by atoms with Crippen LogP contribution in [0, 0.1) is 67.6 Å². The Hall–Kier alpha value is -1.61. The summed E-state index contributed by atoms with van der Waals surface area (Å²) in [6.45, 7) is 4.75. The number of hydrogen-bond acceptors (Lipinski definition) is 1. The second kappa shape index (κ2) is 34.3. The number of rotatable bonds is 0. The SMILES string of the molecule is [3H]C#CC#CC#CC#[C-].[C-]#N.[CH-].[Pd]. The first-order valence-electron chi connectivity index (χ1n) is 2.47. The van der Waals surface area contributed by atoms with Gasteiger partial charge in [-0.25, -0.2) is 5.92 Å². The molecule has 0 aliphatic carbocycles. The maximum atomic E-state index is 6.32. The molecule has 2 radical (unpaired) electrons. The van der Waals surface area contributed by atoms with E-state index < -0.39 is 0 Å². The van der Waals surface area contributed by atoms with Crippen LogP contribution in [-0.4, -0.2) is 0 Å². The maximum absolute atomic E-state index is 6.32. The van der Waals surface area contributed by atoms with Gasteiger partial charge < -0.3 is 25.7 Å². The number of hydrogen-bond donors (Lipinski definition) is 0. The van der Waals surface area contributed by atoms with E-state index in [4.69, 9.17) is 19.6 Å². The summed E-state index contributed by atoms with van der Waals surface area (Å²) >= 11 is 0. The zero-order valence-electron chi connectivity index (χ0n) is 6.84. The molecule has 0 aliphatic heterocycles. The van der Waals surface area contributed by atoms with Gasteiger partial charge in [0.1, 0.15) is 1.37 Å². The predicted octanol–water partition coefficient (Wildman–Crippen LogP) is 0.514. The van der Waals surface area contributed by atoms with Gasteiger partial charge in [-0.15, -0.1) is 12.3 Å². The summed E-state index contributed by atoms with van der Waals surface area (Å²) in [5.41, 5.74) is 0. The third kappa shape index (κ3) is 39.9. The molecule has 1 nitrogen and oxygen atoms in total. The second-order valence-electron chi connectivity index (χ2n) is 0.750. The Morgan fingerprint density at radius 1 is 1.17 bits per heavy atom. The van der Waals surface area contributed by atoms with Crippen LogP contribution in [0.5, 0.6) is 0 Å². The number of nitrogens with zero attached hydrogens (tertiary/aromatic N) is 1. The first-order valence-corrected chi connectivity index (χ1v) is 1.97. The molecule has 0 aliphatic rings. The minimum atomic E-state index is 0. The second-order valence-corrected chi connectivity index (χ2v) is 0.750. The molecule has 0 amide bonds. The molecule has 60 valence electrons. The fraction of sp³-hybridized carbons (Fsp3) is 0. The van der Waals surface area contributed by atoms with Crippen molar-refractivity contribution in [3.8, 4) is 41.9 Å². The molecule has 0 aromatic rings. The van der Waals surface area contributed by atoms with Gasteiger partial charge in [-0.3, -0.25) is 5.92 Å². The van der Waals surface area contributed by atoms with E-state index in [-0.39, 0.29) is 27.8 Å². The van der Waals surface area contributed by atoms with Crippen LogP contribution in [0.15, 0.2) is 0 Å². The minimum absolute atomic E-state index is 0. The minimum Gasteiger partial charge on any atom is -0.726 e. The quantitative estimate of drug-likeness (QED) is 0.346. The van der Waals surface area contributed by atoms with Crippen molar-refractivity contribution in [3.63, 3.8) is 0 Å². The van der Waals surface area contributed by atoms with Crippen molar-refractivity contribution in [1.82, 2.24) is 0 Å². The van der Waals surface area contributed by atoms with Gasteiger partial charge in [0, 0.05) is 20.4 Å². The molecule has 2 heteroatoms. The third-order valence-electron chi connectivity index (χ3n) is 0.312. The Bertz CT molecular complexity index is 330. The molecule has 0 rings (SSSR count). The van der Waals surface area contributed by atoms with Crippen LogP contribution in [0.2, 0.25) is 0 Å². The van der Waals surface area contributed by atoms with Crippen LogP contribution in [0.3, 0.4) is 0 Å². The number of terminal acetylenes is 1. The molecule has 0 unspecified atom stereocenters. The molecule has 0 N–H and O–H groups in total. The molecular weight excluding hydrogens is 241 g/mol. The van der Waals surface area contributed by atoms with Crippen LogP contribution in [0.25, 0.3) is 0 Å². The van der Waals surface area contributed by atoms with Crippen molar-refractivity contribution in [1.29, 1.82) is 5.26 Å². The fourth-order valence-electron chi connectivity index (χ4n) is 0.125. The van der Waals surface area contributed by atoms with Crippen LogP contribution in [0.1, 0.15) is 1.37 Å². The molecule has 0 saturated carbocycles. The Balaban J connectivity index is -0.0000000941. The average molecular weight is 245 g/mol. The first-order chi connectivity index (χ1) is 5.41. The first kappa shape index (κ1) is 16.8. The van der Waals surface area contributed by atoms with Crippen molar-refractivity contribution in [2.75, 3.05) is 0 Å². The molecule has 12 heavy (non-hydrogen) atoms. The average Bonchev–Trinajstić information content (AvgIpc) is 2.08. The topological polar surface area (TPSA) is 23.8 Å². The van der Waals surface area contributed by atoms with Gasteiger partial charge in [-0.05, 0) is 17.8 Å². The van der Waals surface area contributed by atoms with Gasteiger partial charge in [0.15, 0.2) is 0 Å². The smallest absolute Gasteiger partial charge is 0.125 e. The molecule has 0 saturated heterocycles. The van der Waals surface area contributed by atoms with Gasteiger partial charge >= 0.3 is 0 Å².